The molecule has 1 saturated carbocycles. The molecule has 3 heteroatoms. The lowest BCUT2D eigenvalue weighted by Crippen LogP contribution is -2.28. The molecule has 0 atom stereocenters. The molecule has 19 heavy (non-hydrogen) atoms. The van der Waals surface area contributed by atoms with Crippen molar-refractivity contribution in [3.8, 4) is 0 Å². The number of carbonyl (C=O) groups excluding carboxylic acids is 1. The SMILES string of the molecule is CCOC(=O)/C=C/C1(c2ccccn2)CCCCC1. The van der Waals surface area contributed by atoms with Crippen LogP contribution in [0.5, 0.6) is 0 Å². The molecular weight excluding hydrogens is 238 g/mol. The lowest BCUT2D eigenvalue weighted by Gasteiger charge is -2.34. The molecule has 0 amide bonds. The summed E-state index contributed by atoms with van der Waals surface area (Å²) in [6.45, 7) is 2.24. The second-order valence-electron chi connectivity index (χ2n) is 5.02. The van der Waals surface area contributed by atoms with Gasteiger partial charge in [0, 0.05) is 17.7 Å². The Hall–Kier alpha value is -1.64. The van der Waals surface area contributed by atoms with Crippen LogP contribution in [0.4, 0.5) is 0 Å². The number of pyridine rings is 1. The summed E-state index contributed by atoms with van der Waals surface area (Å²) in [5, 5.41) is 0. The highest BCUT2D eigenvalue weighted by molar-refractivity contribution is 5.82. The fourth-order valence-electron chi connectivity index (χ4n) is 2.77. The molecule has 0 saturated heterocycles. The van der Waals surface area contributed by atoms with E-state index in [9.17, 15) is 4.79 Å². The van der Waals surface area contributed by atoms with E-state index in [1.54, 1.807) is 6.08 Å². The first-order chi connectivity index (χ1) is 9.27. The smallest absolute Gasteiger partial charge is 0.330 e. The van der Waals surface area contributed by atoms with Crippen molar-refractivity contribution in [3.05, 3.63) is 42.2 Å². The lowest BCUT2D eigenvalue weighted by molar-refractivity contribution is -0.137. The highest BCUT2D eigenvalue weighted by Gasteiger charge is 2.32. The monoisotopic (exact) mass is 259 g/mol. The molecule has 102 valence electrons. The van der Waals surface area contributed by atoms with Crippen molar-refractivity contribution in [2.24, 2.45) is 0 Å². The largest absolute Gasteiger partial charge is 0.463 e. The van der Waals surface area contributed by atoms with Gasteiger partial charge in [0.25, 0.3) is 0 Å². The molecule has 1 aromatic heterocycles. The molecule has 0 radical (unpaired) electrons. The van der Waals surface area contributed by atoms with Gasteiger partial charge in [-0.05, 0) is 31.9 Å². The molecule has 0 N–H and O–H groups in total. The molecule has 1 fully saturated rings. The van der Waals surface area contributed by atoms with Gasteiger partial charge in [0.15, 0.2) is 0 Å². The zero-order valence-corrected chi connectivity index (χ0v) is 11.5. The second kappa shape index (κ2) is 6.50. The fourth-order valence-corrected chi connectivity index (χ4v) is 2.77. The predicted molar refractivity (Wildman–Crippen MR) is 74.8 cm³/mol. The molecule has 1 aliphatic carbocycles. The van der Waals surface area contributed by atoms with Gasteiger partial charge in [-0.1, -0.05) is 31.4 Å². The molecule has 0 aliphatic heterocycles. The minimum Gasteiger partial charge on any atom is -0.463 e. The number of esters is 1. The summed E-state index contributed by atoms with van der Waals surface area (Å²) in [6.07, 6.45) is 11.1. The first-order valence-corrected chi connectivity index (χ1v) is 7.04. The Morgan fingerprint density at radius 1 is 1.37 bits per heavy atom. The molecule has 1 heterocycles. The summed E-state index contributed by atoms with van der Waals surface area (Å²) in [4.78, 5) is 16.0. The third kappa shape index (κ3) is 3.43. The van der Waals surface area contributed by atoms with Crippen molar-refractivity contribution in [3.63, 3.8) is 0 Å². The van der Waals surface area contributed by atoms with Gasteiger partial charge in [0.1, 0.15) is 0 Å². The molecule has 1 aliphatic rings. The van der Waals surface area contributed by atoms with Crippen LogP contribution in [0.2, 0.25) is 0 Å². The normalized spacial score (nSPS) is 18.4. The second-order valence-corrected chi connectivity index (χ2v) is 5.02. The van der Waals surface area contributed by atoms with Crippen LogP contribution in [0.15, 0.2) is 36.5 Å². The number of allylic oxidation sites excluding steroid dienone is 1. The van der Waals surface area contributed by atoms with Crippen molar-refractivity contribution in [2.75, 3.05) is 6.61 Å². The Kier molecular flexibility index (Phi) is 4.72. The van der Waals surface area contributed by atoms with E-state index < -0.39 is 0 Å². The van der Waals surface area contributed by atoms with Gasteiger partial charge in [-0.3, -0.25) is 4.98 Å². The lowest BCUT2D eigenvalue weighted by atomic mass is 9.71. The minimum absolute atomic E-state index is 0.0910. The summed E-state index contributed by atoms with van der Waals surface area (Å²) in [7, 11) is 0. The average molecular weight is 259 g/mol. The predicted octanol–water partition coefficient (Wildman–Crippen LogP) is 3.40. The standard InChI is InChI=1S/C16H21NO2/c1-2-19-15(18)9-12-16(10-5-3-6-11-16)14-8-4-7-13-17-14/h4,7-9,12-13H,2-3,5-6,10-11H2,1H3/b12-9+. The van der Waals surface area contributed by atoms with Crippen LogP contribution in [0, 0.1) is 0 Å². The molecule has 2 rings (SSSR count). The molecule has 0 bridgehead atoms. The summed E-state index contributed by atoms with van der Waals surface area (Å²) in [5.74, 6) is -0.261. The van der Waals surface area contributed by atoms with E-state index in [4.69, 9.17) is 4.74 Å². The van der Waals surface area contributed by atoms with Crippen LogP contribution < -0.4 is 0 Å². The Morgan fingerprint density at radius 3 is 2.79 bits per heavy atom. The summed E-state index contributed by atoms with van der Waals surface area (Å²) >= 11 is 0. The maximum atomic E-state index is 11.5. The fraction of sp³-hybridized carbons (Fsp3) is 0.500. The molecule has 0 spiro atoms. The minimum atomic E-state index is -0.261. The number of rotatable bonds is 4. The van der Waals surface area contributed by atoms with Crippen LogP contribution in [0.3, 0.4) is 0 Å². The molecule has 0 unspecified atom stereocenters. The van der Waals surface area contributed by atoms with E-state index in [1.807, 2.05) is 31.3 Å². The van der Waals surface area contributed by atoms with Gasteiger partial charge in [-0.2, -0.15) is 0 Å². The molecular formula is C16H21NO2. The van der Waals surface area contributed by atoms with E-state index in [-0.39, 0.29) is 11.4 Å². The number of nitrogens with zero attached hydrogens (tertiary/aromatic N) is 1. The summed E-state index contributed by atoms with van der Waals surface area (Å²) in [5.41, 5.74) is 0.974. The molecule has 1 aromatic rings. The van der Waals surface area contributed by atoms with Crippen LogP contribution in [0.1, 0.15) is 44.7 Å². The van der Waals surface area contributed by atoms with Crippen LogP contribution >= 0.6 is 0 Å². The maximum Gasteiger partial charge on any atom is 0.330 e. The van der Waals surface area contributed by atoms with E-state index in [0.29, 0.717) is 6.61 Å². The number of hydrogen-bond donors (Lipinski definition) is 0. The molecule has 3 nitrogen and oxygen atoms in total. The summed E-state index contributed by atoms with van der Waals surface area (Å²) < 4.78 is 4.97. The number of ether oxygens (including phenoxy) is 1. The van der Waals surface area contributed by atoms with Gasteiger partial charge in [0.05, 0.1) is 12.3 Å². The topological polar surface area (TPSA) is 39.2 Å². The zero-order valence-electron chi connectivity index (χ0n) is 11.5. The summed E-state index contributed by atoms with van der Waals surface area (Å²) in [6, 6.07) is 5.99. The van der Waals surface area contributed by atoms with E-state index >= 15 is 0 Å². The highest BCUT2D eigenvalue weighted by Crippen LogP contribution is 2.39. The molecule has 0 aromatic carbocycles. The Balaban J connectivity index is 2.23. The van der Waals surface area contributed by atoms with E-state index in [1.165, 1.54) is 19.3 Å². The first-order valence-electron chi connectivity index (χ1n) is 7.04. The first kappa shape index (κ1) is 13.8. The quantitative estimate of drug-likeness (QED) is 0.614. The Labute approximate surface area is 114 Å². The van der Waals surface area contributed by atoms with Crippen LogP contribution in [-0.2, 0) is 14.9 Å². The third-order valence-corrected chi connectivity index (χ3v) is 3.75. The van der Waals surface area contributed by atoms with Gasteiger partial charge in [-0.25, -0.2) is 4.79 Å². The van der Waals surface area contributed by atoms with E-state index in [0.717, 1.165) is 18.5 Å². The van der Waals surface area contributed by atoms with Gasteiger partial charge in [-0.15, -0.1) is 0 Å². The Bertz CT molecular complexity index is 433. The van der Waals surface area contributed by atoms with Gasteiger partial charge < -0.3 is 4.74 Å². The van der Waals surface area contributed by atoms with Crippen molar-refractivity contribution < 1.29 is 9.53 Å². The Morgan fingerprint density at radius 2 is 2.16 bits per heavy atom. The van der Waals surface area contributed by atoms with Gasteiger partial charge in [0.2, 0.25) is 0 Å². The van der Waals surface area contributed by atoms with Gasteiger partial charge >= 0.3 is 5.97 Å². The van der Waals surface area contributed by atoms with Crippen LogP contribution in [0.25, 0.3) is 0 Å². The van der Waals surface area contributed by atoms with Crippen LogP contribution in [-0.4, -0.2) is 17.6 Å². The number of hydrogen-bond acceptors (Lipinski definition) is 3. The van der Waals surface area contributed by atoms with E-state index in [2.05, 4.69) is 11.1 Å². The third-order valence-electron chi connectivity index (χ3n) is 3.75. The average Bonchev–Trinajstić information content (AvgIpc) is 2.47. The van der Waals surface area contributed by atoms with Crippen molar-refractivity contribution in [1.29, 1.82) is 0 Å². The maximum absolute atomic E-state index is 11.5. The highest BCUT2D eigenvalue weighted by atomic mass is 16.5. The van der Waals surface area contributed by atoms with Crippen molar-refractivity contribution >= 4 is 5.97 Å². The van der Waals surface area contributed by atoms with Crippen molar-refractivity contribution in [1.82, 2.24) is 4.98 Å². The zero-order chi connectivity index (χ0) is 13.6. The number of aromatic nitrogens is 1. The number of carbonyl (C=O) groups is 1. The van der Waals surface area contributed by atoms with Crippen molar-refractivity contribution in [2.45, 2.75) is 44.4 Å².